The normalized spacial score (nSPS) is 9.73. The van der Waals surface area contributed by atoms with Gasteiger partial charge in [0.25, 0.3) is 0 Å². The number of esters is 1. The molecule has 1 heterocycles. The van der Waals surface area contributed by atoms with Gasteiger partial charge in [-0.1, -0.05) is 0 Å². The molecule has 0 radical (unpaired) electrons. The highest BCUT2D eigenvalue weighted by atomic mass is 16.5. The van der Waals surface area contributed by atoms with E-state index >= 15 is 0 Å². The molecule has 0 saturated carbocycles. The molecule has 0 N–H and O–H groups in total. The van der Waals surface area contributed by atoms with Gasteiger partial charge in [-0.25, -0.2) is 4.79 Å². The second-order valence-corrected chi connectivity index (χ2v) is 2.33. The van der Waals surface area contributed by atoms with Crippen LogP contribution in [0.4, 0.5) is 0 Å². The molecule has 1 aromatic heterocycles. The van der Waals surface area contributed by atoms with Gasteiger partial charge in [-0.2, -0.15) is 5.10 Å². The summed E-state index contributed by atoms with van der Waals surface area (Å²) < 4.78 is 6.10. The predicted octanol–water partition coefficient (Wildman–Crippen LogP) is 0.515. The molecule has 0 unspecified atom stereocenters. The lowest BCUT2D eigenvalue weighted by Crippen LogP contribution is -2.04. The molecule has 0 amide bonds. The molecule has 11 heavy (non-hydrogen) atoms. The largest absolute Gasteiger partial charge is 0.464 e. The van der Waals surface area contributed by atoms with Crippen LogP contribution in [0.25, 0.3) is 0 Å². The molecule has 60 valence electrons. The number of carbonyl (C=O) groups excluding carboxylic acids is 1. The number of rotatable bonds is 1. The summed E-state index contributed by atoms with van der Waals surface area (Å²) in [5.41, 5.74) is 1.22. The van der Waals surface area contributed by atoms with Gasteiger partial charge in [-0.15, -0.1) is 0 Å². The van der Waals surface area contributed by atoms with Gasteiger partial charge in [0.1, 0.15) is 0 Å². The monoisotopic (exact) mass is 154 g/mol. The molecule has 0 atom stereocenters. The van der Waals surface area contributed by atoms with Gasteiger partial charge in [0, 0.05) is 18.8 Å². The van der Waals surface area contributed by atoms with Crippen LogP contribution in [0.2, 0.25) is 0 Å². The van der Waals surface area contributed by atoms with Crippen molar-refractivity contribution in [2.24, 2.45) is 7.05 Å². The van der Waals surface area contributed by atoms with Gasteiger partial charge in [0.15, 0.2) is 5.69 Å². The summed E-state index contributed by atoms with van der Waals surface area (Å²) >= 11 is 0. The minimum Gasteiger partial charge on any atom is -0.464 e. The van der Waals surface area contributed by atoms with Crippen LogP contribution in [-0.2, 0) is 11.8 Å². The summed E-state index contributed by atoms with van der Waals surface area (Å²) in [6, 6.07) is 0. The fourth-order valence-electron chi connectivity index (χ4n) is 0.905. The first-order valence-electron chi connectivity index (χ1n) is 3.23. The minimum absolute atomic E-state index is 0.384. The van der Waals surface area contributed by atoms with E-state index in [0.717, 1.165) is 5.56 Å². The van der Waals surface area contributed by atoms with Crippen LogP contribution in [0.1, 0.15) is 16.1 Å². The highest BCUT2D eigenvalue weighted by molar-refractivity contribution is 5.88. The lowest BCUT2D eigenvalue weighted by atomic mass is 10.3. The number of aryl methyl sites for hydroxylation is 2. The highest BCUT2D eigenvalue weighted by Gasteiger charge is 2.12. The molecular weight excluding hydrogens is 144 g/mol. The molecule has 1 aromatic rings. The molecular formula is C7H10N2O2. The Balaban J connectivity index is 3.03. The maximum atomic E-state index is 10.9. The highest BCUT2D eigenvalue weighted by Crippen LogP contribution is 2.04. The molecule has 4 nitrogen and oxygen atoms in total. The number of hydrogen-bond donors (Lipinski definition) is 0. The smallest absolute Gasteiger partial charge is 0.358 e. The van der Waals surface area contributed by atoms with Gasteiger partial charge in [0.05, 0.1) is 7.11 Å². The number of carbonyl (C=O) groups is 1. The van der Waals surface area contributed by atoms with Gasteiger partial charge in [-0.05, 0) is 6.92 Å². The second kappa shape index (κ2) is 2.74. The van der Waals surface area contributed by atoms with Crippen LogP contribution >= 0.6 is 0 Å². The van der Waals surface area contributed by atoms with Crippen molar-refractivity contribution in [1.82, 2.24) is 9.78 Å². The average molecular weight is 154 g/mol. The quantitative estimate of drug-likeness (QED) is 0.554. The van der Waals surface area contributed by atoms with E-state index in [9.17, 15) is 4.79 Å². The Hall–Kier alpha value is -1.32. The van der Waals surface area contributed by atoms with Crippen LogP contribution in [0.15, 0.2) is 6.20 Å². The molecule has 0 spiro atoms. The number of methoxy groups -OCH3 is 1. The molecule has 0 bridgehead atoms. The lowest BCUT2D eigenvalue weighted by Gasteiger charge is -1.93. The average Bonchev–Trinajstić information content (AvgIpc) is 2.28. The Morgan fingerprint density at radius 3 is 2.73 bits per heavy atom. The van der Waals surface area contributed by atoms with Crippen molar-refractivity contribution in [3.8, 4) is 0 Å². The maximum absolute atomic E-state index is 10.9. The van der Waals surface area contributed by atoms with Crippen LogP contribution < -0.4 is 0 Å². The van der Waals surface area contributed by atoms with Gasteiger partial charge in [-0.3, -0.25) is 4.68 Å². The second-order valence-electron chi connectivity index (χ2n) is 2.33. The Labute approximate surface area is 64.8 Å². The SMILES string of the molecule is COC(=O)c1nn(C)cc1C. The van der Waals surface area contributed by atoms with Crippen LogP contribution in [-0.4, -0.2) is 22.9 Å². The van der Waals surface area contributed by atoms with Crippen molar-refractivity contribution < 1.29 is 9.53 Å². The van der Waals surface area contributed by atoms with Crippen molar-refractivity contribution in [2.75, 3.05) is 7.11 Å². The van der Waals surface area contributed by atoms with Crippen LogP contribution in [0, 0.1) is 6.92 Å². The Bertz CT molecular complexity index is 278. The first-order valence-corrected chi connectivity index (χ1v) is 3.23. The summed E-state index contributed by atoms with van der Waals surface area (Å²) in [6.07, 6.45) is 1.77. The topological polar surface area (TPSA) is 44.1 Å². The number of nitrogens with zero attached hydrogens (tertiary/aromatic N) is 2. The minimum atomic E-state index is -0.386. The molecule has 4 heteroatoms. The van der Waals surface area contributed by atoms with Crippen LogP contribution in [0.3, 0.4) is 0 Å². The van der Waals surface area contributed by atoms with Gasteiger partial charge < -0.3 is 4.74 Å². The molecule has 0 fully saturated rings. The standard InChI is InChI=1S/C7H10N2O2/c1-5-4-9(2)8-6(5)7(10)11-3/h4H,1-3H3. The third-order valence-corrected chi connectivity index (χ3v) is 1.39. The Morgan fingerprint density at radius 2 is 2.36 bits per heavy atom. The first kappa shape index (κ1) is 7.78. The van der Waals surface area contributed by atoms with E-state index in [0.29, 0.717) is 5.69 Å². The summed E-state index contributed by atoms with van der Waals surface area (Å²) in [4.78, 5) is 10.9. The summed E-state index contributed by atoms with van der Waals surface area (Å²) in [7, 11) is 3.11. The summed E-state index contributed by atoms with van der Waals surface area (Å²) in [5, 5.41) is 3.92. The number of aromatic nitrogens is 2. The van der Waals surface area contributed by atoms with Crippen molar-refractivity contribution in [1.29, 1.82) is 0 Å². The molecule has 0 aliphatic rings. The molecule has 0 aliphatic carbocycles. The Morgan fingerprint density at radius 1 is 1.73 bits per heavy atom. The summed E-state index contributed by atoms with van der Waals surface area (Å²) in [5.74, 6) is -0.386. The third kappa shape index (κ3) is 1.39. The Kier molecular flexibility index (Phi) is 1.94. The third-order valence-electron chi connectivity index (χ3n) is 1.39. The van der Waals surface area contributed by atoms with E-state index in [4.69, 9.17) is 0 Å². The predicted molar refractivity (Wildman–Crippen MR) is 39.3 cm³/mol. The van der Waals surface area contributed by atoms with Crippen molar-refractivity contribution in [2.45, 2.75) is 6.92 Å². The van der Waals surface area contributed by atoms with E-state index in [1.54, 1.807) is 17.9 Å². The maximum Gasteiger partial charge on any atom is 0.358 e. The number of ether oxygens (including phenoxy) is 1. The summed E-state index contributed by atoms with van der Waals surface area (Å²) in [6.45, 7) is 1.82. The molecule has 0 aliphatic heterocycles. The van der Waals surface area contributed by atoms with E-state index in [1.165, 1.54) is 7.11 Å². The van der Waals surface area contributed by atoms with Crippen molar-refractivity contribution >= 4 is 5.97 Å². The zero-order chi connectivity index (χ0) is 8.43. The molecule has 0 aromatic carbocycles. The first-order chi connectivity index (χ1) is 5.15. The lowest BCUT2D eigenvalue weighted by molar-refractivity contribution is 0.0592. The van der Waals surface area contributed by atoms with E-state index in [2.05, 4.69) is 9.84 Å². The number of hydrogen-bond acceptors (Lipinski definition) is 3. The van der Waals surface area contributed by atoms with Crippen molar-refractivity contribution in [3.05, 3.63) is 17.5 Å². The van der Waals surface area contributed by atoms with Crippen molar-refractivity contribution in [3.63, 3.8) is 0 Å². The van der Waals surface area contributed by atoms with E-state index in [1.807, 2.05) is 6.92 Å². The zero-order valence-corrected chi connectivity index (χ0v) is 6.79. The fourth-order valence-corrected chi connectivity index (χ4v) is 0.905. The zero-order valence-electron chi connectivity index (χ0n) is 6.79. The molecule has 1 rings (SSSR count). The van der Waals surface area contributed by atoms with Crippen LogP contribution in [0.5, 0.6) is 0 Å². The van der Waals surface area contributed by atoms with E-state index in [-0.39, 0.29) is 5.97 Å². The fraction of sp³-hybridized carbons (Fsp3) is 0.429. The van der Waals surface area contributed by atoms with Gasteiger partial charge >= 0.3 is 5.97 Å². The van der Waals surface area contributed by atoms with Gasteiger partial charge in [0.2, 0.25) is 0 Å². The molecule has 0 saturated heterocycles. The van der Waals surface area contributed by atoms with E-state index < -0.39 is 0 Å².